The Hall–Kier alpha value is -1.92. The number of rotatable bonds is 7. The molecule has 0 spiro atoms. The number of hydrogen-bond donors (Lipinski definition) is 2. The van der Waals surface area contributed by atoms with Gasteiger partial charge in [-0.3, -0.25) is 9.59 Å². The maximum Gasteiger partial charge on any atom is 0.303 e. The van der Waals surface area contributed by atoms with Gasteiger partial charge in [0.25, 0.3) is 0 Å². The molecule has 7 heteroatoms. The van der Waals surface area contributed by atoms with Gasteiger partial charge in [0.1, 0.15) is 12.2 Å². The summed E-state index contributed by atoms with van der Waals surface area (Å²) in [6.45, 7) is 4.46. The average molecular weight is 254 g/mol. The highest BCUT2D eigenvalue weighted by Gasteiger charge is 2.14. The van der Waals surface area contributed by atoms with Crippen molar-refractivity contribution in [3.8, 4) is 0 Å². The van der Waals surface area contributed by atoms with Crippen LogP contribution < -0.4 is 5.32 Å². The van der Waals surface area contributed by atoms with Gasteiger partial charge in [0, 0.05) is 19.4 Å². The zero-order valence-corrected chi connectivity index (χ0v) is 10.6. The molecule has 1 amide bonds. The lowest BCUT2D eigenvalue weighted by Gasteiger charge is -2.13. The van der Waals surface area contributed by atoms with Crippen molar-refractivity contribution in [2.24, 2.45) is 0 Å². The number of carbonyl (C=O) groups excluding carboxylic acids is 1. The number of carboxylic acids is 1. The molecule has 100 valence electrons. The molecule has 1 rings (SSSR count). The number of nitrogens with zero attached hydrogens (tertiary/aromatic N) is 3. The summed E-state index contributed by atoms with van der Waals surface area (Å²) in [5.74, 6) is -0.361. The molecular formula is C11H18N4O3. The smallest absolute Gasteiger partial charge is 0.303 e. The Morgan fingerprint density at radius 3 is 2.83 bits per heavy atom. The van der Waals surface area contributed by atoms with Crippen molar-refractivity contribution in [1.82, 2.24) is 20.1 Å². The van der Waals surface area contributed by atoms with Crippen molar-refractivity contribution in [3.05, 3.63) is 12.2 Å². The summed E-state index contributed by atoms with van der Waals surface area (Å²) in [4.78, 5) is 26.0. The molecule has 1 aromatic rings. The van der Waals surface area contributed by atoms with E-state index in [4.69, 9.17) is 5.11 Å². The SMILES string of the molecule is CCn1ncnc1[C@H](C)NC(=O)CCCC(=O)O. The first-order valence-electron chi connectivity index (χ1n) is 5.93. The molecular weight excluding hydrogens is 236 g/mol. The van der Waals surface area contributed by atoms with Crippen molar-refractivity contribution < 1.29 is 14.7 Å². The highest BCUT2D eigenvalue weighted by molar-refractivity contribution is 5.77. The summed E-state index contributed by atoms with van der Waals surface area (Å²) in [6.07, 6.45) is 2.00. The largest absolute Gasteiger partial charge is 0.481 e. The molecule has 0 bridgehead atoms. The summed E-state index contributed by atoms with van der Waals surface area (Å²) in [7, 11) is 0. The van der Waals surface area contributed by atoms with Crippen molar-refractivity contribution in [3.63, 3.8) is 0 Å². The molecule has 0 unspecified atom stereocenters. The van der Waals surface area contributed by atoms with E-state index in [1.165, 1.54) is 6.33 Å². The Labute approximate surface area is 105 Å². The fourth-order valence-corrected chi connectivity index (χ4v) is 1.63. The van der Waals surface area contributed by atoms with Gasteiger partial charge in [0.05, 0.1) is 6.04 Å². The molecule has 1 aromatic heterocycles. The third kappa shape index (κ3) is 4.15. The molecule has 18 heavy (non-hydrogen) atoms. The van der Waals surface area contributed by atoms with E-state index < -0.39 is 5.97 Å². The number of amides is 1. The van der Waals surface area contributed by atoms with Gasteiger partial charge >= 0.3 is 5.97 Å². The minimum Gasteiger partial charge on any atom is -0.481 e. The molecule has 7 nitrogen and oxygen atoms in total. The van der Waals surface area contributed by atoms with Gasteiger partial charge in [-0.1, -0.05) is 0 Å². The zero-order chi connectivity index (χ0) is 13.5. The number of hydrogen-bond acceptors (Lipinski definition) is 4. The molecule has 2 N–H and O–H groups in total. The molecule has 0 aromatic carbocycles. The van der Waals surface area contributed by atoms with Crippen LogP contribution in [0.1, 0.15) is 45.0 Å². The first kappa shape index (κ1) is 14.1. The normalized spacial score (nSPS) is 12.1. The lowest BCUT2D eigenvalue weighted by atomic mass is 10.2. The van der Waals surface area contributed by atoms with Crippen molar-refractivity contribution in [1.29, 1.82) is 0 Å². The van der Waals surface area contributed by atoms with Crippen LogP contribution in [0.3, 0.4) is 0 Å². The van der Waals surface area contributed by atoms with E-state index in [0.717, 1.165) is 0 Å². The van der Waals surface area contributed by atoms with Gasteiger partial charge in [-0.25, -0.2) is 9.67 Å². The fraction of sp³-hybridized carbons (Fsp3) is 0.636. The van der Waals surface area contributed by atoms with E-state index in [0.29, 0.717) is 18.8 Å². The van der Waals surface area contributed by atoms with Gasteiger partial charge < -0.3 is 10.4 Å². The molecule has 0 aliphatic carbocycles. The van der Waals surface area contributed by atoms with E-state index in [2.05, 4.69) is 15.4 Å². The van der Waals surface area contributed by atoms with E-state index in [1.54, 1.807) is 4.68 Å². The summed E-state index contributed by atoms with van der Waals surface area (Å²) in [5, 5.41) is 15.3. The molecule has 1 atom stereocenters. The predicted molar refractivity (Wildman–Crippen MR) is 63.7 cm³/mol. The second-order valence-electron chi connectivity index (χ2n) is 3.97. The van der Waals surface area contributed by atoms with Gasteiger partial charge in [0.15, 0.2) is 0 Å². The Morgan fingerprint density at radius 2 is 2.22 bits per heavy atom. The van der Waals surface area contributed by atoms with E-state index >= 15 is 0 Å². The summed E-state index contributed by atoms with van der Waals surface area (Å²) >= 11 is 0. The van der Waals surface area contributed by atoms with E-state index in [-0.39, 0.29) is 24.8 Å². The molecule has 1 heterocycles. The predicted octanol–water partition coefficient (Wildman–Crippen LogP) is 0.730. The monoisotopic (exact) mass is 254 g/mol. The number of nitrogens with one attached hydrogen (secondary N) is 1. The Balaban J connectivity index is 2.42. The maximum absolute atomic E-state index is 11.6. The van der Waals surface area contributed by atoms with Crippen LogP contribution in [0.5, 0.6) is 0 Å². The topological polar surface area (TPSA) is 97.1 Å². The number of aliphatic carboxylic acids is 1. The second-order valence-corrected chi connectivity index (χ2v) is 3.97. The third-order valence-electron chi connectivity index (χ3n) is 2.50. The van der Waals surface area contributed by atoms with Crippen molar-refractivity contribution >= 4 is 11.9 Å². The summed E-state index contributed by atoms with van der Waals surface area (Å²) < 4.78 is 1.71. The third-order valence-corrected chi connectivity index (χ3v) is 2.50. The highest BCUT2D eigenvalue weighted by atomic mass is 16.4. The minimum absolute atomic E-state index is 0.00689. The number of aryl methyl sites for hydroxylation is 1. The standard InChI is InChI=1S/C11H18N4O3/c1-3-15-11(12-7-13-15)8(2)14-9(16)5-4-6-10(17)18/h7-8H,3-6H2,1-2H3,(H,14,16)(H,17,18)/t8-/m0/s1. The van der Waals surface area contributed by atoms with Crippen molar-refractivity contribution in [2.75, 3.05) is 0 Å². The first-order valence-corrected chi connectivity index (χ1v) is 5.93. The van der Waals surface area contributed by atoms with Crippen LogP contribution in [-0.2, 0) is 16.1 Å². The lowest BCUT2D eigenvalue weighted by Crippen LogP contribution is -2.28. The summed E-state index contributed by atoms with van der Waals surface area (Å²) in [5.41, 5.74) is 0. The van der Waals surface area contributed by atoms with Gasteiger partial charge in [0.2, 0.25) is 5.91 Å². The van der Waals surface area contributed by atoms with Crippen LogP contribution in [0.2, 0.25) is 0 Å². The van der Waals surface area contributed by atoms with E-state index in [9.17, 15) is 9.59 Å². The summed E-state index contributed by atoms with van der Waals surface area (Å²) in [6, 6.07) is -0.232. The van der Waals surface area contributed by atoms with Gasteiger partial charge in [-0.2, -0.15) is 5.10 Å². The Kier molecular flexibility index (Phi) is 5.29. The van der Waals surface area contributed by atoms with Crippen molar-refractivity contribution in [2.45, 2.75) is 45.7 Å². The number of aromatic nitrogens is 3. The van der Waals surface area contributed by atoms with Gasteiger partial charge in [-0.05, 0) is 20.3 Å². The van der Waals surface area contributed by atoms with Crippen LogP contribution in [0.15, 0.2) is 6.33 Å². The van der Waals surface area contributed by atoms with Crippen LogP contribution in [0, 0.1) is 0 Å². The van der Waals surface area contributed by atoms with Crippen LogP contribution >= 0.6 is 0 Å². The quantitative estimate of drug-likeness (QED) is 0.747. The maximum atomic E-state index is 11.6. The molecule has 0 saturated carbocycles. The number of carboxylic acid groups (broad SMARTS) is 1. The van der Waals surface area contributed by atoms with Gasteiger partial charge in [-0.15, -0.1) is 0 Å². The van der Waals surface area contributed by atoms with Crippen LogP contribution in [0.4, 0.5) is 0 Å². The molecule has 0 radical (unpaired) electrons. The van der Waals surface area contributed by atoms with Crippen LogP contribution in [-0.4, -0.2) is 31.7 Å². The first-order chi connectivity index (χ1) is 8.54. The molecule has 0 aliphatic rings. The molecule has 0 aliphatic heterocycles. The van der Waals surface area contributed by atoms with E-state index in [1.807, 2.05) is 13.8 Å². The second kappa shape index (κ2) is 6.73. The zero-order valence-electron chi connectivity index (χ0n) is 10.6. The molecule has 0 fully saturated rings. The lowest BCUT2D eigenvalue weighted by molar-refractivity contribution is -0.137. The molecule has 0 saturated heterocycles. The average Bonchev–Trinajstić information content (AvgIpc) is 2.76. The fourth-order valence-electron chi connectivity index (χ4n) is 1.63. The minimum atomic E-state index is -0.887. The number of carbonyl (C=O) groups is 2. The van der Waals surface area contributed by atoms with Crippen LogP contribution in [0.25, 0.3) is 0 Å². The highest BCUT2D eigenvalue weighted by Crippen LogP contribution is 2.08. The Bertz CT molecular complexity index is 416. The Morgan fingerprint density at radius 1 is 1.50 bits per heavy atom.